The summed E-state index contributed by atoms with van der Waals surface area (Å²) in [5, 5.41) is 3.33. The van der Waals surface area contributed by atoms with Gasteiger partial charge >= 0.3 is 0 Å². The molecular formula is C14H27N3O2. The van der Waals surface area contributed by atoms with Crippen LogP contribution in [0.5, 0.6) is 0 Å². The Bertz CT molecular complexity index is 314. The second-order valence-electron chi connectivity index (χ2n) is 6.05. The number of likely N-dealkylation sites (tertiary alicyclic amines) is 1. The fourth-order valence-corrected chi connectivity index (χ4v) is 3.06. The average Bonchev–Trinajstić information content (AvgIpc) is 2.47. The summed E-state index contributed by atoms with van der Waals surface area (Å²) in [5.41, 5.74) is -0.405. The fourth-order valence-electron chi connectivity index (χ4n) is 3.06. The smallest absolute Gasteiger partial charge is 0.242 e. The quantitative estimate of drug-likeness (QED) is 0.801. The molecule has 2 heterocycles. The molecule has 0 aromatic heterocycles. The molecule has 110 valence electrons. The summed E-state index contributed by atoms with van der Waals surface area (Å²) < 4.78 is 5.41. The largest absolute Gasteiger partial charge is 0.380 e. The maximum Gasteiger partial charge on any atom is 0.242 e. The summed E-state index contributed by atoms with van der Waals surface area (Å²) in [4.78, 5) is 17.1. The van der Waals surface area contributed by atoms with Gasteiger partial charge < -0.3 is 15.0 Å². The van der Waals surface area contributed by atoms with Gasteiger partial charge in [0.05, 0.1) is 11.6 Å². The number of carbonyl (C=O) groups excluding carboxylic acids is 1. The highest BCUT2D eigenvalue weighted by atomic mass is 16.5. The molecule has 2 rings (SSSR count). The third kappa shape index (κ3) is 3.27. The zero-order valence-electron chi connectivity index (χ0n) is 12.4. The molecule has 0 aliphatic carbocycles. The summed E-state index contributed by atoms with van der Waals surface area (Å²) >= 11 is 0. The second kappa shape index (κ2) is 6.20. The van der Waals surface area contributed by atoms with Gasteiger partial charge in [0, 0.05) is 46.4 Å². The lowest BCUT2D eigenvalue weighted by Crippen LogP contribution is -2.62. The Labute approximate surface area is 116 Å². The Morgan fingerprint density at radius 1 is 1.26 bits per heavy atom. The van der Waals surface area contributed by atoms with Crippen LogP contribution in [0.3, 0.4) is 0 Å². The molecule has 2 aliphatic rings. The first-order chi connectivity index (χ1) is 9.05. The first-order valence-corrected chi connectivity index (χ1v) is 7.33. The summed E-state index contributed by atoms with van der Waals surface area (Å²) in [6, 6.07) is 0. The number of amides is 1. The number of hydrogen-bond donors (Lipinski definition) is 1. The third-order valence-corrected chi connectivity index (χ3v) is 4.43. The van der Waals surface area contributed by atoms with E-state index >= 15 is 0 Å². The van der Waals surface area contributed by atoms with Crippen molar-refractivity contribution in [2.75, 3.05) is 46.4 Å². The summed E-state index contributed by atoms with van der Waals surface area (Å²) in [6.07, 6.45) is 2.31. The molecule has 1 N–H and O–H groups in total. The zero-order valence-corrected chi connectivity index (χ0v) is 12.4. The van der Waals surface area contributed by atoms with E-state index in [2.05, 4.69) is 24.1 Å². The minimum Gasteiger partial charge on any atom is -0.380 e. The molecule has 0 radical (unpaired) electrons. The number of carbonyl (C=O) groups is 1. The van der Waals surface area contributed by atoms with Gasteiger partial charge in [0.15, 0.2) is 0 Å². The third-order valence-electron chi connectivity index (χ3n) is 4.43. The number of piperidine rings is 1. The van der Waals surface area contributed by atoms with Gasteiger partial charge in [0.2, 0.25) is 5.91 Å². The van der Waals surface area contributed by atoms with E-state index in [0.29, 0.717) is 0 Å². The molecule has 1 amide bonds. The van der Waals surface area contributed by atoms with Crippen molar-refractivity contribution in [2.45, 2.75) is 38.3 Å². The lowest BCUT2D eigenvalue weighted by molar-refractivity contribution is -0.146. The topological polar surface area (TPSA) is 44.8 Å². The van der Waals surface area contributed by atoms with Gasteiger partial charge in [-0.15, -0.1) is 0 Å². The molecule has 1 atom stereocenters. The number of piperazine rings is 1. The van der Waals surface area contributed by atoms with E-state index in [4.69, 9.17) is 4.74 Å². The molecule has 0 aromatic rings. The van der Waals surface area contributed by atoms with E-state index in [9.17, 15) is 4.79 Å². The van der Waals surface area contributed by atoms with Crippen molar-refractivity contribution in [2.24, 2.45) is 0 Å². The van der Waals surface area contributed by atoms with Crippen molar-refractivity contribution < 1.29 is 9.53 Å². The zero-order chi connectivity index (χ0) is 13.9. The first kappa shape index (κ1) is 14.8. The van der Waals surface area contributed by atoms with Crippen LogP contribution in [-0.2, 0) is 9.53 Å². The van der Waals surface area contributed by atoms with Crippen molar-refractivity contribution in [1.82, 2.24) is 15.1 Å². The van der Waals surface area contributed by atoms with Crippen molar-refractivity contribution in [3.05, 3.63) is 0 Å². The Morgan fingerprint density at radius 3 is 2.58 bits per heavy atom. The molecular weight excluding hydrogens is 242 g/mol. The van der Waals surface area contributed by atoms with Gasteiger partial charge in [-0.2, -0.15) is 0 Å². The molecule has 5 nitrogen and oxygen atoms in total. The normalized spacial score (nSPS) is 26.5. The lowest BCUT2D eigenvalue weighted by atomic mass is 9.97. The van der Waals surface area contributed by atoms with Gasteiger partial charge in [-0.05, 0) is 26.7 Å². The standard InChI is InChI=1S/C14H27N3O2/c1-14(2,17-9-6-15-7-10-17)13(18)16-8-4-5-12(11-16)19-3/h12,15H,4-11H2,1-3H3. The highest BCUT2D eigenvalue weighted by molar-refractivity contribution is 5.85. The molecule has 2 saturated heterocycles. The maximum absolute atomic E-state index is 12.8. The predicted molar refractivity (Wildman–Crippen MR) is 75.1 cm³/mol. The molecule has 0 bridgehead atoms. The summed E-state index contributed by atoms with van der Waals surface area (Å²) in [5.74, 6) is 0.246. The van der Waals surface area contributed by atoms with Crippen LogP contribution in [0.1, 0.15) is 26.7 Å². The molecule has 1 unspecified atom stereocenters. The van der Waals surface area contributed by atoms with Gasteiger partial charge in [-0.25, -0.2) is 0 Å². The molecule has 2 aliphatic heterocycles. The molecule has 0 aromatic carbocycles. The van der Waals surface area contributed by atoms with Crippen molar-refractivity contribution in [3.8, 4) is 0 Å². The highest BCUT2D eigenvalue weighted by Gasteiger charge is 2.39. The van der Waals surface area contributed by atoms with Crippen molar-refractivity contribution in [3.63, 3.8) is 0 Å². The fraction of sp³-hybridized carbons (Fsp3) is 0.929. The van der Waals surface area contributed by atoms with Crippen LogP contribution in [0.25, 0.3) is 0 Å². The summed E-state index contributed by atoms with van der Waals surface area (Å²) in [6.45, 7) is 9.54. The van der Waals surface area contributed by atoms with Crippen LogP contribution in [0, 0.1) is 0 Å². The van der Waals surface area contributed by atoms with Gasteiger partial charge in [0.1, 0.15) is 0 Å². The maximum atomic E-state index is 12.8. The van der Waals surface area contributed by atoms with Gasteiger partial charge in [-0.1, -0.05) is 0 Å². The second-order valence-corrected chi connectivity index (χ2v) is 6.05. The van der Waals surface area contributed by atoms with Crippen molar-refractivity contribution in [1.29, 1.82) is 0 Å². The molecule has 5 heteroatoms. The van der Waals surface area contributed by atoms with E-state index in [-0.39, 0.29) is 12.0 Å². The van der Waals surface area contributed by atoms with Gasteiger partial charge in [-0.3, -0.25) is 9.69 Å². The molecule has 0 spiro atoms. The minimum absolute atomic E-state index is 0.205. The van der Waals surface area contributed by atoms with E-state index in [1.807, 2.05) is 4.90 Å². The average molecular weight is 269 g/mol. The summed E-state index contributed by atoms with van der Waals surface area (Å²) in [7, 11) is 1.74. The predicted octanol–water partition coefficient (Wildman–Crippen LogP) is 0.308. The van der Waals surface area contributed by atoms with Crippen LogP contribution in [0.4, 0.5) is 0 Å². The first-order valence-electron chi connectivity index (χ1n) is 7.33. The number of rotatable bonds is 3. The number of nitrogens with one attached hydrogen (secondary N) is 1. The van der Waals surface area contributed by atoms with Crippen LogP contribution < -0.4 is 5.32 Å². The SMILES string of the molecule is COC1CCCN(C(=O)C(C)(C)N2CCNCC2)C1. The minimum atomic E-state index is -0.405. The van der Waals surface area contributed by atoms with Crippen LogP contribution in [0.2, 0.25) is 0 Å². The molecule has 2 fully saturated rings. The Morgan fingerprint density at radius 2 is 1.95 bits per heavy atom. The van der Waals surface area contributed by atoms with E-state index in [1.54, 1.807) is 7.11 Å². The Balaban J connectivity index is 2.00. The van der Waals surface area contributed by atoms with Crippen LogP contribution in [0.15, 0.2) is 0 Å². The lowest BCUT2D eigenvalue weighted by Gasteiger charge is -2.44. The van der Waals surface area contributed by atoms with E-state index in [0.717, 1.165) is 52.1 Å². The van der Waals surface area contributed by atoms with Crippen LogP contribution in [-0.4, -0.2) is 73.7 Å². The van der Waals surface area contributed by atoms with Gasteiger partial charge in [0.25, 0.3) is 0 Å². The number of nitrogens with zero attached hydrogens (tertiary/aromatic N) is 2. The van der Waals surface area contributed by atoms with E-state index < -0.39 is 5.54 Å². The Kier molecular flexibility index (Phi) is 4.81. The number of hydrogen-bond acceptors (Lipinski definition) is 4. The number of methoxy groups -OCH3 is 1. The molecule has 0 saturated carbocycles. The monoisotopic (exact) mass is 269 g/mol. The highest BCUT2D eigenvalue weighted by Crippen LogP contribution is 2.22. The number of ether oxygens (including phenoxy) is 1. The van der Waals surface area contributed by atoms with Crippen molar-refractivity contribution >= 4 is 5.91 Å². The molecule has 19 heavy (non-hydrogen) atoms. The van der Waals surface area contributed by atoms with E-state index in [1.165, 1.54) is 0 Å². The van der Waals surface area contributed by atoms with Crippen LogP contribution >= 0.6 is 0 Å². The Hall–Kier alpha value is -0.650.